The quantitative estimate of drug-likeness (QED) is 0.483. The van der Waals surface area contributed by atoms with E-state index in [4.69, 9.17) is 11.6 Å². The maximum absolute atomic E-state index is 12.3. The molecule has 0 spiro atoms. The summed E-state index contributed by atoms with van der Waals surface area (Å²) in [6.45, 7) is 0.368. The molecular weight excluding hydrogens is 432 g/mol. The van der Waals surface area contributed by atoms with Crippen molar-refractivity contribution in [2.24, 2.45) is 0 Å². The van der Waals surface area contributed by atoms with Crippen molar-refractivity contribution in [3.63, 3.8) is 0 Å². The molecular formula is C20H18BrClN2O3. The summed E-state index contributed by atoms with van der Waals surface area (Å²) >= 11 is 9.40. The lowest BCUT2D eigenvalue weighted by molar-refractivity contribution is -0.116. The van der Waals surface area contributed by atoms with Gasteiger partial charge in [0, 0.05) is 17.4 Å². The van der Waals surface area contributed by atoms with Crippen molar-refractivity contribution < 1.29 is 14.4 Å². The van der Waals surface area contributed by atoms with Gasteiger partial charge < -0.3 is 5.32 Å². The molecule has 0 radical (unpaired) electrons. The number of benzene rings is 2. The Balaban J connectivity index is 1.40. The molecule has 1 aliphatic heterocycles. The average Bonchev–Trinajstić information content (AvgIpc) is 2.89. The lowest BCUT2D eigenvalue weighted by Crippen LogP contribution is -2.30. The zero-order valence-electron chi connectivity index (χ0n) is 14.5. The van der Waals surface area contributed by atoms with Gasteiger partial charge in [-0.15, -0.1) is 0 Å². The maximum Gasteiger partial charge on any atom is 0.261 e. The standard InChI is InChI=1S/C20H18BrClN2O3/c21-13-9-10-17(16(22)12-13)23-18(25)8-2-1-5-11-24-19(26)14-6-3-4-7-15(14)20(24)27/h3-4,6-7,9-10,12H,1-2,5,8,11H2,(H,23,25). The van der Waals surface area contributed by atoms with Crippen LogP contribution in [0, 0.1) is 0 Å². The third-order valence-corrected chi connectivity index (χ3v) is 5.17. The summed E-state index contributed by atoms with van der Waals surface area (Å²) in [6.07, 6.45) is 2.43. The predicted molar refractivity (Wildman–Crippen MR) is 108 cm³/mol. The third kappa shape index (κ3) is 4.57. The molecule has 0 atom stereocenters. The Labute approximate surface area is 170 Å². The van der Waals surface area contributed by atoms with Gasteiger partial charge >= 0.3 is 0 Å². The summed E-state index contributed by atoms with van der Waals surface area (Å²) in [6, 6.07) is 12.1. The summed E-state index contributed by atoms with van der Waals surface area (Å²) in [5, 5.41) is 3.26. The number of unbranched alkanes of at least 4 members (excludes halogenated alkanes) is 2. The van der Waals surface area contributed by atoms with Crippen LogP contribution in [0.15, 0.2) is 46.9 Å². The second-order valence-electron chi connectivity index (χ2n) is 6.29. The van der Waals surface area contributed by atoms with Crippen molar-refractivity contribution in [2.45, 2.75) is 25.7 Å². The number of rotatable bonds is 7. The van der Waals surface area contributed by atoms with E-state index in [9.17, 15) is 14.4 Å². The van der Waals surface area contributed by atoms with Crippen molar-refractivity contribution in [1.29, 1.82) is 0 Å². The van der Waals surface area contributed by atoms with Gasteiger partial charge in [-0.3, -0.25) is 19.3 Å². The van der Waals surface area contributed by atoms with E-state index in [0.29, 0.717) is 47.6 Å². The molecule has 2 aromatic rings. The maximum atomic E-state index is 12.3. The Morgan fingerprint density at radius 1 is 1.00 bits per heavy atom. The van der Waals surface area contributed by atoms with Crippen LogP contribution >= 0.6 is 27.5 Å². The van der Waals surface area contributed by atoms with Gasteiger partial charge in [0.15, 0.2) is 0 Å². The van der Waals surface area contributed by atoms with E-state index in [1.807, 2.05) is 6.07 Å². The van der Waals surface area contributed by atoms with Gasteiger partial charge in [-0.25, -0.2) is 0 Å². The van der Waals surface area contributed by atoms with Crippen molar-refractivity contribution in [1.82, 2.24) is 4.90 Å². The van der Waals surface area contributed by atoms with Gasteiger partial charge in [0.2, 0.25) is 5.91 Å². The first-order chi connectivity index (χ1) is 13.0. The largest absolute Gasteiger partial charge is 0.325 e. The molecule has 0 unspecified atom stereocenters. The van der Waals surface area contributed by atoms with E-state index in [1.54, 1.807) is 36.4 Å². The van der Waals surface area contributed by atoms with Crippen LogP contribution in [0.1, 0.15) is 46.4 Å². The molecule has 3 amide bonds. The Morgan fingerprint density at radius 2 is 1.67 bits per heavy atom. The van der Waals surface area contributed by atoms with Gasteiger partial charge in [0.05, 0.1) is 21.8 Å². The second kappa shape index (κ2) is 8.67. The minimum atomic E-state index is -0.238. The highest BCUT2D eigenvalue weighted by molar-refractivity contribution is 9.10. The Morgan fingerprint density at radius 3 is 2.30 bits per heavy atom. The molecule has 2 aromatic carbocycles. The molecule has 0 saturated carbocycles. The van der Waals surface area contributed by atoms with Gasteiger partial charge in [0.1, 0.15) is 0 Å². The van der Waals surface area contributed by atoms with Gasteiger partial charge in [-0.2, -0.15) is 0 Å². The number of fused-ring (bicyclic) bond motifs is 1. The predicted octanol–water partition coefficient (Wildman–Crippen LogP) is 4.90. The number of amides is 3. The molecule has 3 rings (SSSR count). The highest BCUT2D eigenvalue weighted by Crippen LogP contribution is 2.26. The summed E-state index contributed by atoms with van der Waals surface area (Å²) in [4.78, 5) is 37.8. The van der Waals surface area contributed by atoms with Crippen LogP contribution < -0.4 is 5.32 Å². The monoisotopic (exact) mass is 448 g/mol. The number of nitrogens with one attached hydrogen (secondary N) is 1. The molecule has 0 aliphatic carbocycles. The Bertz CT molecular complexity index is 866. The van der Waals surface area contributed by atoms with E-state index in [2.05, 4.69) is 21.2 Å². The van der Waals surface area contributed by atoms with Crippen LogP contribution in [-0.4, -0.2) is 29.2 Å². The normalized spacial score (nSPS) is 13.0. The smallest absolute Gasteiger partial charge is 0.261 e. The highest BCUT2D eigenvalue weighted by Gasteiger charge is 2.34. The first kappa shape index (κ1) is 19.6. The number of carbonyl (C=O) groups is 3. The van der Waals surface area contributed by atoms with Crippen LogP contribution in [0.2, 0.25) is 5.02 Å². The summed E-state index contributed by atoms with van der Waals surface area (Å²) in [7, 11) is 0. The van der Waals surface area contributed by atoms with Gasteiger partial charge in [0.25, 0.3) is 11.8 Å². The molecule has 0 bridgehead atoms. The highest BCUT2D eigenvalue weighted by atomic mass is 79.9. The first-order valence-electron chi connectivity index (χ1n) is 8.67. The molecule has 0 aromatic heterocycles. The molecule has 5 nitrogen and oxygen atoms in total. The van der Waals surface area contributed by atoms with Crippen LogP contribution in [0.5, 0.6) is 0 Å². The van der Waals surface area contributed by atoms with Crippen LogP contribution in [0.4, 0.5) is 5.69 Å². The fraction of sp³-hybridized carbons (Fsp3) is 0.250. The lowest BCUT2D eigenvalue weighted by atomic mass is 10.1. The molecule has 27 heavy (non-hydrogen) atoms. The number of halogens is 2. The second-order valence-corrected chi connectivity index (χ2v) is 7.61. The Hall–Kier alpha value is -2.18. The molecule has 0 saturated heterocycles. The molecule has 7 heteroatoms. The molecule has 1 N–H and O–H groups in total. The molecule has 1 heterocycles. The number of imide groups is 1. The first-order valence-corrected chi connectivity index (χ1v) is 9.84. The zero-order chi connectivity index (χ0) is 19.4. The molecule has 1 aliphatic rings. The minimum absolute atomic E-state index is 0.111. The fourth-order valence-electron chi connectivity index (χ4n) is 2.98. The minimum Gasteiger partial charge on any atom is -0.325 e. The number of anilines is 1. The summed E-state index contributed by atoms with van der Waals surface area (Å²) < 4.78 is 0.846. The third-order valence-electron chi connectivity index (χ3n) is 4.37. The Kier molecular flexibility index (Phi) is 6.29. The van der Waals surface area contributed by atoms with Crippen LogP contribution in [0.3, 0.4) is 0 Å². The summed E-state index contributed by atoms with van der Waals surface area (Å²) in [5.74, 6) is -0.587. The lowest BCUT2D eigenvalue weighted by Gasteiger charge is -2.13. The number of hydrogen-bond donors (Lipinski definition) is 1. The molecule has 0 fully saturated rings. The van der Waals surface area contributed by atoms with E-state index in [1.165, 1.54) is 4.90 Å². The van der Waals surface area contributed by atoms with Crippen molar-refractivity contribution in [2.75, 3.05) is 11.9 Å². The van der Waals surface area contributed by atoms with Crippen molar-refractivity contribution in [3.05, 3.63) is 63.1 Å². The van der Waals surface area contributed by atoms with Gasteiger partial charge in [-0.05, 0) is 43.2 Å². The van der Waals surface area contributed by atoms with E-state index >= 15 is 0 Å². The number of carbonyl (C=O) groups excluding carboxylic acids is 3. The number of nitrogens with zero attached hydrogens (tertiary/aromatic N) is 1. The number of hydrogen-bond acceptors (Lipinski definition) is 3. The van der Waals surface area contributed by atoms with Crippen LogP contribution in [-0.2, 0) is 4.79 Å². The summed E-state index contributed by atoms with van der Waals surface area (Å²) in [5.41, 5.74) is 1.51. The topological polar surface area (TPSA) is 66.5 Å². The molecule has 140 valence electrons. The van der Waals surface area contributed by atoms with E-state index in [0.717, 1.165) is 10.9 Å². The van der Waals surface area contributed by atoms with Gasteiger partial charge in [-0.1, -0.05) is 46.1 Å². The average molecular weight is 450 g/mol. The van der Waals surface area contributed by atoms with Crippen molar-refractivity contribution >= 4 is 50.9 Å². The SMILES string of the molecule is O=C(CCCCCN1C(=O)c2ccccc2C1=O)Nc1ccc(Br)cc1Cl. The van der Waals surface area contributed by atoms with E-state index < -0.39 is 0 Å². The van der Waals surface area contributed by atoms with E-state index in [-0.39, 0.29) is 17.7 Å². The zero-order valence-corrected chi connectivity index (χ0v) is 16.8. The van der Waals surface area contributed by atoms with Crippen molar-refractivity contribution in [3.8, 4) is 0 Å². The van der Waals surface area contributed by atoms with Crippen LogP contribution in [0.25, 0.3) is 0 Å². The fourth-order valence-corrected chi connectivity index (χ4v) is 3.70.